The van der Waals surface area contributed by atoms with Crippen LogP contribution in [-0.2, 0) is 28.6 Å². The van der Waals surface area contributed by atoms with E-state index in [4.69, 9.17) is 14.2 Å². The van der Waals surface area contributed by atoms with E-state index in [0.29, 0.717) is 19.3 Å². The second-order valence-electron chi connectivity index (χ2n) is 20.6. The summed E-state index contributed by atoms with van der Waals surface area (Å²) in [7, 11) is 0. The summed E-state index contributed by atoms with van der Waals surface area (Å²) in [6.45, 7) is 6.43. The zero-order valence-corrected chi connectivity index (χ0v) is 48.6. The highest BCUT2D eigenvalue weighted by molar-refractivity contribution is 5.71. The Morgan fingerprint density at radius 1 is 0.284 bits per heavy atom. The molecule has 0 aromatic rings. The predicted molar refractivity (Wildman–Crippen MR) is 320 cm³/mol. The van der Waals surface area contributed by atoms with E-state index in [1.165, 1.54) is 141 Å². The van der Waals surface area contributed by atoms with Crippen molar-refractivity contribution in [2.45, 2.75) is 303 Å². The maximum Gasteiger partial charge on any atom is 0.306 e. The van der Waals surface area contributed by atoms with Gasteiger partial charge < -0.3 is 14.2 Å². The van der Waals surface area contributed by atoms with Crippen LogP contribution in [0.4, 0.5) is 0 Å². The Morgan fingerprint density at radius 3 is 0.824 bits per heavy atom. The number of carbonyl (C=O) groups is 3. The quantitative estimate of drug-likeness (QED) is 0.0261. The van der Waals surface area contributed by atoms with Crippen LogP contribution in [0.25, 0.3) is 0 Å². The summed E-state index contributed by atoms with van der Waals surface area (Å²) in [5.74, 6) is -0.883. The second-order valence-corrected chi connectivity index (χ2v) is 20.6. The van der Waals surface area contributed by atoms with E-state index in [2.05, 4.69) is 118 Å². The molecular formula is C68H116O6. The van der Waals surface area contributed by atoms with E-state index in [0.717, 1.165) is 116 Å². The van der Waals surface area contributed by atoms with Gasteiger partial charge in [0.05, 0.1) is 0 Å². The van der Waals surface area contributed by atoms with Crippen LogP contribution < -0.4 is 0 Å². The van der Waals surface area contributed by atoms with E-state index in [-0.39, 0.29) is 31.1 Å². The third kappa shape index (κ3) is 59.2. The van der Waals surface area contributed by atoms with Crippen LogP contribution >= 0.6 is 0 Å². The monoisotopic (exact) mass is 1030 g/mol. The van der Waals surface area contributed by atoms with Gasteiger partial charge in [0.25, 0.3) is 0 Å². The predicted octanol–water partition coefficient (Wildman–Crippen LogP) is 21.3. The number of ether oxygens (including phenoxy) is 3. The molecule has 424 valence electrons. The summed E-state index contributed by atoms with van der Waals surface area (Å²) < 4.78 is 16.9. The van der Waals surface area contributed by atoms with Crippen molar-refractivity contribution < 1.29 is 28.6 Å². The first-order chi connectivity index (χ1) is 36.5. The SMILES string of the molecule is CC/C=C\C/C=C\C/C=C\C/C=C\CCCCCCCCCCCCC(=O)OCC(COC(=O)CCCCCCCCCCCCCC)OC(=O)CCCCCCCCCC/C=C\C/C=C\C/C=C\C/C=C\CC. The van der Waals surface area contributed by atoms with Gasteiger partial charge >= 0.3 is 17.9 Å². The molecule has 0 aromatic carbocycles. The van der Waals surface area contributed by atoms with E-state index in [9.17, 15) is 14.4 Å². The van der Waals surface area contributed by atoms with Gasteiger partial charge in [-0.15, -0.1) is 0 Å². The van der Waals surface area contributed by atoms with Crippen molar-refractivity contribution in [3.05, 3.63) is 97.2 Å². The Bertz CT molecular complexity index is 1460. The van der Waals surface area contributed by atoms with Crippen LogP contribution in [0.5, 0.6) is 0 Å². The summed E-state index contributed by atoms with van der Waals surface area (Å²) in [6, 6.07) is 0. The molecule has 74 heavy (non-hydrogen) atoms. The molecule has 0 bridgehead atoms. The molecule has 1 atom stereocenters. The van der Waals surface area contributed by atoms with Crippen molar-refractivity contribution in [2.75, 3.05) is 13.2 Å². The van der Waals surface area contributed by atoms with Gasteiger partial charge in [0.1, 0.15) is 13.2 Å². The molecule has 0 fully saturated rings. The van der Waals surface area contributed by atoms with Gasteiger partial charge in [-0.25, -0.2) is 0 Å². The fourth-order valence-electron chi connectivity index (χ4n) is 8.72. The first-order valence-corrected chi connectivity index (χ1v) is 31.2. The van der Waals surface area contributed by atoms with E-state index in [1.807, 2.05) is 0 Å². The molecule has 0 saturated carbocycles. The smallest absolute Gasteiger partial charge is 0.306 e. The highest BCUT2D eigenvalue weighted by Crippen LogP contribution is 2.16. The van der Waals surface area contributed by atoms with Crippen LogP contribution in [0.2, 0.25) is 0 Å². The van der Waals surface area contributed by atoms with Crippen molar-refractivity contribution >= 4 is 17.9 Å². The Balaban J connectivity index is 4.33. The van der Waals surface area contributed by atoms with Crippen molar-refractivity contribution in [3.8, 4) is 0 Å². The average molecular weight is 1030 g/mol. The van der Waals surface area contributed by atoms with Gasteiger partial charge in [-0.05, 0) is 96.3 Å². The summed E-state index contributed by atoms with van der Waals surface area (Å²) in [5.41, 5.74) is 0. The van der Waals surface area contributed by atoms with Crippen molar-refractivity contribution in [2.24, 2.45) is 0 Å². The van der Waals surface area contributed by atoms with Crippen molar-refractivity contribution in [3.63, 3.8) is 0 Å². The molecule has 0 aromatic heterocycles. The molecule has 0 aliphatic carbocycles. The second kappa shape index (κ2) is 61.9. The maximum atomic E-state index is 12.9. The zero-order valence-electron chi connectivity index (χ0n) is 48.6. The van der Waals surface area contributed by atoms with Crippen molar-refractivity contribution in [1.29, 1.82) is 0 Å². The van der Waals surface area contributed by atoms with E-state index < -0.39 is 6.10 Å². The Hall–Kier alpha value is -3.67. The van der Waals surface area contributed by atoms with Crippen LogP contribution in [0.15, 0.2) is 97.2 Å². The van der Waals surface area contributed by atoms with Crippen LogP contribution in [-0.4, -0.2) is 37.2 Å². The first kappa shape index (κ1) is 70.3. The highest BCUT2D eigenvalue weighted by Gasteiger charge is 2.19. The van der Waals surface area contributed by atoms with Gasteiger partial charge in [0.2, 0.25) is 0 Å². The molecule has 6 heteroatoms. The number of carbonyl (C=O) groups excluding carboxylic acids is 3. The minimum atomic E-state index is -0.784. The largest absolute Gasteiger partial charge is 0.462 e. The fraction of sp³-hybridized carbons (Fsp3) is 0.721. The molecular weight excluding hydrogens is 913 g/mol. The maximum absolute atomic E-state index is 12.9. The Morgan fingerprint density at radius 2 is 0.527 bits per heavy atom. The molecule has 6 nitrogen and oxygen atoms in total. The van der Waals surface area contributed by atoms with Gasteiger partial charge in [-0.1, -0.05) is 279 Å². The lowest BCUT2D eigenvalue weighted by Gasteiger charge is -2.18. The lowest BCUT2D eigenvalue weighted by molar-refractivity contribution is -0.167. The summed E-state index contributed by atoms with van der Waals surface area (Å²) in [6.07, 6.45) is 82.6. The number of esters is 3. The Kier molecular flexibility index (Phi) is 58.8. The molecule has 0 saturated heterocycles. The number of unbranched alkanes of at least 4 members (excludes halogenated alkanes) is 29. The normalized spacial score (nSPS) is 12.7. The Labute approximate surface area is 457 Å². The summed E-state index contributed by atoms with van der Waals surface area (Å²) >= 11 is 0. The third-order valence-electron chi connectivity index (χ3n) is 13.3. The zero-order chi connectivity index (χ0) is 53.6. The lowest BCUT2D eigenvalue weighted by Crippen LogP contribution is -2.30. The lowest BCUT2D eigenvalue weighted by atomic mass is 10.0. The molecule has 0 rings (SSSR count). The molecule has 0 spiro atoms. The molecule has 0 aliphatic rings. The van der Waals surface area contributed by atoms with E-state index in [1.54, 1.807) is 0 Å². The number of hydrogen-bond donors (Lipinski definition) is 0. The number of rotatable bonds is 56. The molecule has 0 N–H and O–H groups in total. The molecule has 0 heterocycles. The third-order valence-corrected chi connectivity index (χ3v) is 13.3. The first-order valence-electron chi connectivity index (χ1n) is 31.2. The van der Waals surface area contributed by atoms with Gasteiger partial charge in [-0.2, -0.15) is 0 Å². The number of allylic oxidation sites excluding steroid dienone is 16. The van der Waals surface area contributed by atoms with Crippen LogP contribution in [0, 0.1) is 0 Å². The minimum Gasteiger partial charge on any atom is -0.462 e. The standard InChI is InChI=1S/C68H116O6/c1-4-7-10-13-16-19-22-25-27-29-31-33-34-36-37-39-41-43-46-49-52-55-58-61-67(70)73-64-65(63-72-66(69)60-57-54-51-48-45-24-21-18-15-12-9-6-3)74-68(71)62-59-56-53-50-47-44-42-40-38-35-32-30-28-26-23-20-17-14-11-8-5-2/h7-8,10-11,16-17,19-20,25-28,31-33,35,65H,4-6,9,12-15,18,21-24,29-30,34,36-64H2,1-3H3/b10-7-,11-8-,19-16-,20-17-,27-25-,28-26-,33-31-,35-32-. The molecule has 0 amide bonds. The van der Waals surface area contributed by atoms with Crippen LogP contribution in [0.1, 0.15) is 297 Å². The molecule has 0 radical (unpaired) electrons. The van der Waals surface area contributed by atoms with Gasteiger partial charge in [0.15, 0.2) is 6.10 Å². The minimum absolute atomic E-state index is 0.0797. The highest BCUT2D eigenvalue weighted by atomic mass is 16.6. The summed E-state index contributed by atoms with van der Waals surface area (Å²) in [5, 5.41) is 0. The topological polar surface area (TPSA) is 78.9 Å². The van der Waals surface area contributed by atoms with Crippen LogP contribution in [0.3, 0.4) is 0 Å². The van der Waals surface area contributed by atoms with Crippen molar-refractivity contribution in [1.82, 2.24) is 0 Å². The van der Waals surface area contributed by atoms with Gasteiger partial charge in [0, 0.05) is 19.3 Å². The summed E-state index contributed by atoms with van der Waals surface area (Å²) in [4.78, 5) is 38.3. The fourth-order valence-corrected chi connectivity index (χ4v) is 8.72. The molecule has 1 unspecified atom stereocenters. The average Bonchev–Trinajstić information content (AvgIpc) is 3.40. The number of hydrogen-bond acceptors (Lipinski definition) is 6. The van der Waals surface area contributed by atoms with E-state index >= 15 is 0 Å². The van der Waals surface area contributed by atoms with Gasteiger partial charge in [-0.3, -0.25) is 14.4 Å². The molecule has 0 aliphatic heterocycles.